The van der Waals surface area contributed by atoms with E-state index in [-0.39, 0.29) is 5.91 Å². The van der Waals surface area contributed by atoms with E-state index in [0.29, 0.717) is 24.0 Å². The van der Waals surface area contributed by atoms with Gasteiger partial charge in [-0.3, -0.25) is 9.48 Å². The molecule has 0 aliphatic heterocycles. The second-order valence-corrected chi connectivity index (χ2v) is 5.25. The first kappa shape index (κ1) is 12.8. The van der Waals surface area contributed by atoms with Crippen LogP contribution < -0.4 is 11.1 Å². The predicted molar refractivity (Wildman–Crippen MR) is 76.4 cm³/mol. The number of nitrogens with two attached hydrogens (primary N) is 1. The highest BCUT2D eigenvalue weighted by molar-refractivity contribution is 5.93. The minimum absolute atomic E-state index is 0.0595. The third-order valence-corrected chi connectivity index (χ3v) is 3.63. The molecule has 0 spiro atoms. The predicted octanol–water partition coefficient (Wildman–Crippen LogP) is 1.11. The van der Waals surface area contributed by atoms with E-state index in [0.717, 1.165) is 25.0 Å². The number of amides is 1. The van der Waals surface area contributed by atoms with Gasteiger partial charge in [0.1, 0.15) is 5.69 Å². The molecule has 0 saturated heterocycles. The molecule has 1 fully saturated rings. The maximum atomic E-state index is 12.2. The number of anilines is 1. The fourth-order valence-corrected chi connectivity index (χ4v) is 2.38. The van der Waals surface area contributed by atoms with E-state index in [9.17, 15) is 4.79 Å². The summed E-state index contributed by atoms with van der Waals surface area (Å²) in [7, 11) is 1.90. The molecule has 6 heteroatoms. The standard InChI is InChI=1S/C14H19N5O/c1-18-11(5-7-17-18)4-6-16-14(20)13-8-10(15)9-19(13)12-2-3-12/h5,7-9,12H,2-4,6,15H2,1H3,(H,16,20). The number of carbonyl (C=O) groups is 1. The minimum atomic E-state index is -0.0595. The van der Waals surface area contributed by atoms with Crippen LogP contribution in [-0.4, -0.2) is 26.8 Å². The Bertz CT molecular complexity index is 623. The second kappa shape index (κ2) is 5.03. The molecular formula is C14H19N5O. The summed E-state index contributed by atoms with van der Waals surface area (Å²) in [5.41, 5.74) is 8.20. The van der Waals surface area contributed by atoms with Crippen LogP contribution in [0.15, 0.2) is 24.5 Å². The number of nitrogens with zero attached hydrogens (tertiary/aromatic N) is 3. The summed E-state index contributed by atoms with van der Waals surface area (Å²) in [4.78, 5) is 12.2. The van der Waals surface area contributed by atoms with Crippen molar-refractivity contribution in [3.63, 3.8) is 0 Å². The maximum Gasteiger partial charge on any atom is 0.268 e. The largest absolute Gasteiger partial charge is 0.397 e. The Morgan fingerprint density at radius 1 is 1.55 bits per heavy atom. The van der Waals surface area contributed by atoms with Crippen LogP contribution in [0.5, 0.6) is 0 Å². The number of hydrogen-bond acceptors (Lipinski definition) is 3. The van der Waals surface area contributed by atoms with E-state index < -0.39 is 0 Å². The molecular weight excluding hydrogens is 254 g/mol. The summed E-state index contributed by atoms with van der Waals surface area (Å²) in [6.07, 6.45) is 6.64. The smallest absolute Gasteiger partial charge is 0.268 e. The Morgan fingerprint density at radius 3 is 3.00 bits per heavy atom. The number of aromatic nitrogens is 3. The third-order valence-electron chi connectivity index (χ3n) is 3.63. The average molecular weight is 273 g/mol. The number of aryl methyl sites for hydroxylation is 1. The van der Waals surface area contributed by atoms with Gasteiger partial charge in [0.05, 0.1) is 5.69 Å². The van der Waals surface area contributed by atoms with Gasteiger partial charge < -0.3 is 15.6 Å². The van der Waals surface area contributed by atoms with Crippen molar-refractivity contribution in [1.82, 2.24) is 19.7 Å². The van der Waals surface area contributed by atoms with Gasteiger partial charge >= 0.3 is 0 Å². The van der Waals surface area contributed by atoms with E-state index in [1.807, 2.05) is 28.6 Å². The molecule has 106 valence electrons. The Kier molecular flexibility index (Phi) is 3.22. The molecule has 2 aromatic rings. The Labute approximate surface area is 117 Å². The number of rotatable bonds is 5. The SMILES string of the molecule is Cn1nccc1CCNC(=O)c1cc(N)cn1C1CC1. The zero-order valence-corrected chi connectivity index (χ0v) is 11.5. The summed E-state index contributed by atoms with van der Waals surface area (Å²) in [6.45, 7) is 0.591. The molecule has 1 aliphatic carbocycles. The van der Waals surface area contributed by atoms with Crippen molar-refractivity contribution in [2.24, 2.45) is 7.05 Å². The van der Waals surface area contributed by atoms with Crippen LogP contribution in [0, 0.1) is 0 Å². The fourth-order valence-electron chi connectivity index (χ4n) is 2.38. The molecule has 0 bridgehead atoms. The van der Waals surface area contributed by atoms with Gasteiger partial charge in [0.15, 0.2) is 0 Å². The average Bonchev–Trinajstić information content (AvgIpc) is 3.08. The maximum absolute atomic E-state index is 12.2. The third kappa shape index (κ3) is 2.54. The van der Waals surface area contributed by atoms with E-state index in [1.165, 1.54) is 0 Å². The first-order valence-corrected chi connectivity index (χ1v) is 6.87. The Morgan fingerprint density at radius 2 is 2.35 bits per heavy atom. The number of nitrogen functional groups attached to an aromatic ring is 1. The lowest BCUT2D eigenvalue weighted by atomic mass is 10.3. The molecule has 0 atom stereocenters. The number of nitrogens with one attached hydrogen (secondary N) is 1. The molecule has 0 unspecified atom stereocenters. The highest BCUT2D eigenvalue weighted by Crippen LogP contribution is 2.37. The van der Waals surface area contributed by atoms with Crippen LogP contribution in [0.4, 0.5) is 5.69 Å². The summed E-state index contributed by atoms with van der Waals surface area (Å²) < 4.78 is 3.81. The molecule has 0 aromatic carbocycles. The molecule has 1 amide bonds. The molecule has 2 aromatic heterocycles. The van der Waals surface area contributed by atoms with E-state index in [1.54, 1.807) is 12.3 Å². The van der Waals surface area contributed by atoms with E-state index in [2.05, 4.69) is 10.4 Å². The number of hydrogen-bond donors (Lipinski definition) is 2. The quantitative estimate of drug-likeness (QED) is 0.856. The molecule has 2 heterocycles. The topological polar surface area (TPSA) is 77.9 Å². The Balaban J connectivity index is 1.60. The van der Waals surface area contributed by atoms with Crippen molar-refractivity contribution < 1.29 is 4.79 Å². The van der Waals surface area contributed by atoms with Gasteiger partial charge in [-0.05, 0) is 25.0 Å². The zero-order chi connectivity index (χ0) is 14.1. The minimum Gasteiger partial charge on any atom is -0.397 e. The number of carbonyl (C=O) groups excluding carboxylic acids is 1. The zero-order valence-electron chi connectivity index (χ0n) is 11.5. The van der Waals surface area contributed by atoms with Crippen molar-refractivity contribution in [3.05, 3.63) is 35.9 Å². The molecule has 0 radical (unpaired) electrons. The summed E-state index contributed by atoms with van der Waals surface area (Å²) >= 11 is 0. The highest BCUT2D eigenvalue weighted by Gasteiger charge is 2.27. The second-order valence-electron chi connectivity index (χ2n) is 5.25. The molecule has 20 heavy (non-hydrogen) atoms. The monoisotopic (exact) mass is 273 g/mol. The van der Waals surface area contributed by atoms with Gasteiger partial charge in [-0.2, -0.15) is 5.10 Å². The Hall–Kier alpha value is -2.24. The van der Waals surface area contributed by atoms with Crippen molar-refractivity contribution >= 4 is 11.6 Å². The van der Waals surface area contributed by atoms with Crippen LogP contribution in [0.2, 0.25) is 0 Å². The van der Waals surface area contributed by atoms with E-state index >= 15 is 0 Å². The van der Waals surface area contributed by atoms with Crippen LogP contribution in [0.25, 0.3) is 0 Å². The van der Waals surface area contributed by atoms with Gasteiger partial charge in [-0.15, -0.1) is 0 Å². The molecule has 6 nitrogen and oxygen atoms in total. The molecule has 3 N–H and O–H groups in total. The van der Waals surface area contributed by atoms with Crippen molar-refractivity contribution in [2.75, 3.05) is 12.3 Å². The van der Waals surface area contributed by atoms with Crippen molar-refractivity contribution in [3.8, 4) is 0 Å². The van der Waals surface area contributed by atoms with Crippen LogP contribution in [0.1, 0.15) is 35.1 Å². The summed E-state index contributed by atoms with van der Waals surface area (Å²) in [5, 5.41) is 7.05. The van der Waals surface area contributed by atoms with Gasteiger partial charge in [0.25, 0.3) is 5.91 Å². The lowest BCUT2D eigenvalue weighted by Gasteiger charge is -2.08. The van der Waals surface area contributed by atoms with Crippen molar-refractivity contribution in [1.29, 1.82) is 0 Å². The fraction of sp³-hybridized carbons (Fsp3) is 0.429. The van der Waals surface area contributed by atoms with Gasteiger partial charge in [0.2, 0.25) is 0 Å². The van der Waals surface area contributed by atoms with E-state index in [4.69, 9.17) is 5.73 Å². The summed E-state index contributed by atoms with van der Waals surface area (Å²) in [6, 6.07) is 4.15. The lowest BCUT2D eigenvalue weighted by Crippen LogP contribution is -2.28. The lowest BCUT2D eigenvalue weighted by molar-refractivity contribution is 0.0944. The first-order valence-electron chi connectivity index (χ1n) is 6.87. The molecule has 1 aliphatic rings. The molecule has 3 rings (SSSR count). The highest BCUT2D eigenvalue weighted by atomic mass is 16.1. The van der Waals surface area contributed by atoms with Gasteiger partial charge in [-0.25, -0.2) is 0 Å². The summed E-state index contributed by atoms with van der Waals surface area (Å²) in [5.74, 6) is -0.0595. The van der Waals surface area contributed by atoms with Crippen molar-refractivity contribution in [2.45, 2.75) is 25.3 Å². The molecule has 1 saturated carbocycles. The normalized spacial score (nSPS) is 14.4. The first-order chi connectivity index (χ1) is 9.65. The van der Waals surface area contributed by atoms with Crippen LogP contribution in [-0.2, 0) is 13.5 Å². The van der Waals surface area contributed by atoms with Gasteiger partial charge in [0, 0.05) is 44.1 Å². The van der Waals surface area contributed by atoms with Gasteiger partial charge in [-0.1, -0.05) is 0 Å². The van der Waals surface area contributed by atoms with Crippen LogP contribution >= 0.6 is 0 Å². The van der Waals surface area contributed by atoms with Crippen LogP contribution in [0.3, 0.4) is 0 Å².